The van der Waals surface area contributed by atoms with Gasteiger partial charge in [-0.1, -0.05) is 25.4 Å². The van der Waals surface area contributed by atoms with Crippen molar-refractivity contribution in [3.8, 4) is 0 Å². The van der Waals surface area contributed by atoms with Gasteiger partial charge in [0, 0.05) is 23.6 Å². The van der Waals surface area contributed by atoms with Gasteiger partial charge < -0.3 is 5.32 Å². The number of nitrogens with one attached hydrogen (secondary N) is 1. The normalized spacial score (nSPS) is 10.6. The molecule has 0 aliphatic rings. The molecule has 1 aromatic rings. The Labute approximate surface area is 99.8 Å². The molecule has 1 amide bonds. The Kier molecular flexibility index (Phi) is 4.74. The number of halogens is 2. The van der Waals surface area contributed by atoms with Gasteiger partial charge in [0.15, 0.2) is 0 Å². The molecule has 0 saturated heterocycles. The summed E-state index contributed by atoms with van der Waals surface area (Å²) in [5.74, 6) is -0.132. The molecule has 88 valence electrons. The van der Waals surface area contributed by atoms with Crippen LogP contribution >= 0.6 is 11.6 Å². The predicted molar refractivity (Wildman–Crippen MR) is 62.7 cm³/mol. The Balaban J connectivity index is 2.54. The molecule has 0 aromatic heterocycles. The van der Waals surface area contributed by atoms with Crippen molar-refractivity contribution < 1.29 is 9.18 Å². The van der Waals surface area contributed by atoms with Crippen LogP contribution in [0.4, 0.5) is 4.39 Å². The van der Waals surface area contributed by atoms with E-state index in [1.165, 1.54) is 18.2 Å². The van der Waals surface area contributed by atoms with E-state index in [2.05, 4.69) is 5.32 Å². The van der Waals surface area contributed by atoms with Crippen molar-refractivity contribution in [1.29, 1.82) is 0 Å². The van der Waals surface area contributed by atoms with E-state index < -0.39 is 0 Å². The summed E-state index contributed by atoms with van der Waals surface area (Å²) in [6.45, 7) is 4.09. The maximum atomic E-state index is 13.3. The van der Waals surface area contributed by atoms with Crippen molar-refractivity contribution in [2.75, 3.05) is 0 Å². The lowest BCUT2D eigenvalue weighted by Crippen LogP contribution is -2.24. The molecule has 0 saturated carbocycles. The van der Waals surface area contributed by atoms with Gasteiger partial charge in [-0.05, 0) is 24.1 Å². The Morgan fingerprint density at radius 1 is 1.50 bits per heavy atom. The summed E-state index contributed by atoms with van der Waals surface area (Å²) in [6, 6.07) is 4.30. The zero-order valence-corrected chi connectivity index (χ0v) is 10.1. The van der Waals surface area contributed by atoms with Gasteiger partial charge in [0.1, 0.15) is 5.82 Å². The maximum Gasteiger partial charge on any atom is 0.220 e. The molecular weight excluding hydrogens is 229 g/mol. The van der Waals surface area contributed by atoms with E-state index in [9.17, 15) is 9.18 Å². The van der Waals surface area contributed by atoms with Crippen LogP contribution in [0.2, 0.25) is 5.02 Å². The molecule has 1 rings (SSSR count). The molecule has 0 unspecified atom stereocenters. The highest BCUT2D eigenvalue weighted by molar-refractivity contribution is 6.30. The molecule has 0 fully saturated rings. The van der Waals surface area contributed by atoms with Crippen LogP contribution in [0, 0.1) is 11.7 Å². The lowest BCUT2D eigenvalue weighted by Gasteiger charge is -2.08. The number of carbonyl (C=O) groups is 1. The second-order valence-electron chi connectivity index (χ2n) is 4.11. The Morgan fingerprint density at radius 3 is 2.81 bits per heavy atom. The van der Waals surface area contributed by atoms with Gasteiger partial charge >= 0.3 is 0 Å². The van der Waals surface area contributed by atoms with Gasteiger partial charge in [0.25, 0.3) is 0 Å². The second kappa shape index (κ2) is 5.85. The monoisotopic (exact) mass is 243 g/mol. The largest absolute Gasteiger partial charge is 0.352 e. The van der Waals surface area contributed by atoms with Gasteiger partial charge in [-0.2, -0.15) is 0 Å². The van der Waals surface area contributed by atoms with Gasteiger partial charge in [0.2, 0.25) is 5.91 Å². The highest BCUT2D eigenvalue weighted by atomic mass is 35.5. The second-order valence-corrected chi connectivity index (χ2v) is 4.55. The van der Waals surface area contributed by atoms with Crippen molar-refractivity contribution in [1.82, 2.24) is 5.32 Å². The fourth-order valence-corrected chi connectivity index (χ4v) is 1.51. The van der Waals surface area contributed by atoms with Crippen LogP contribution in [0.25, 0.3) is 0 Å². The number of hydrogen-bond donors (Lipinski definition) is 1. The fraction of sp³-hybridized carbons (Fsp3) is 0.417. The third kappa shape index (κ3) is 4.19. The molecule has 0 bridgehead atoms. The van der Waals surface area contributed by atoms with E-state index >= 15 is 0 Å². The van der Waals surface area contributed by atoms with Crippen molar-refractivity contribution in [3.05, 3.63) is 34.6 Å². The molecule has 4 heteroatoms. The molecule has 16 heavy (non-hydrogen) atoms. The minimum Gasteiger partial charge on any atom is -0.352 e. The predicted octanol–water partition coefficient (Wildman–Crippen LogP) is 3.14. The van der Waals surface area contributed by atoms with Crippen LogP contribution in [0.15, 0.2) is 18.2 Å². The zero-order valence-electron chi connectivity index (χ0n) is 9.39. The Morgan fingerprint density at radius 2 is 2.19 bits per heavy atom. The number of carbonyl (C=O) groups excluding carboxylic acids is 1. The van der Waals surface area contributed by atoms with Crippen LogP contribution in [-0.4, -0.2) is 5.91 Å². The molecule has 0 heterocycles. The smallest absolute Gasteiger partial charge is 0.220 e. The van der Waals surface area contributed by atoms with Crippen LogP contribution in [0.1, 0.15) is 25.8 Å². The summed E-state index contributed by atoms with van der Waals surface area (Å²) in [7, 11) is 0. The van der Waals surface area contributed by atoms with Crippen LogP contribution in [0.5, 0.6) is 0 Å². The van der Waals surface area contributed by atoms with E-state index in [0.717, 1.165) is 0 Å². The van der Waals surface area contributed by atoms with Gasteiger partial charge in [-0.25, -0.2) is 4.39 Å². The summed E-state index contributed by atoms with van der Waals surface area (Å²) in [4.78, 5) is 11.4. The average Bonchev–Trinajstić information content (AvgIpc) is 2.18. The van der Waals surface area contributed by atoms with Crippen molar-refractivity contribution in [3.63, 3.8) is 0 Å². The molecule has 0 atom stereocenters. The third-order valence-electron chi connectivity index (χ3n) is 2.08. The highest BCUT2D eigenvalue weighted by Crippen LogP contribution is 2.14. The van der Waals surface area contributed by atoms with Crippen LogP contribution in [-0.2, 0) is 11.3 Å². The molecule has 2 nitrogen and oxygen atoms in total. The topological polar surface area (TPSA) is 29.1 Å². The third-order valence-corrected chi connectivity index (χ3v) is 2.31. The summed E-state index contributed by atoms with van der Waals surface area (Å²) >= 11 is 5.74. The molecule has 0 aliphatic carbocycles. The van der Waals surface area contributed by atoms with E-state index in [4.69, 9.17) is 11.6 Å². The lowest BCUT2D eigenvalue weighted by molar-refractivity contribution is -0.121. The van der Waals surface area contributed by atoms with Crippen molar-refractivity contribution >= 4 is 17.5 Å². The Hall–Kier alpha value is -1.09. The standard InChI is InChI=1S/C12H15ClFNO/c1-8(2)5-12(16)15-7-9-6-10(13)3-4-11(9)14/h3-4,6,8H,5,7H2,1-2H3,(H,15,16). The van der Waals surface area contributed by atoms with Gasteiger partial charge in [-0.3, -0.25) is 4.79 Å². The maximum absolute atomic E-state index is 13.3. The number of amides is 1. The first-order valence-electron chi connectivity index (χ1n) is 5.19. The highest BCUT2D eigenvalue weighted by Gasteiger charge is 2.07. The molecule has 0 spiro atoms. The average molecular weight is 244 g/mol. The van der Waals surface area contributed by atoms with E-state index in [-0.39, 0.29) is 18.3 Å². The van der Waals surface area contributed by atoms with Crippen molar-refractivity contribution in [2.24, 2.45) is 5.92 Å². The molecule has 0 radical (unpaired) electrons. The fourth-order valence-electron chi connectivity index (χ4n) is 1.32. The minimum absolute atomic E-state index is 0.0747. The quantitative estimate of drug-likeness (QED) is 0.865. The summed E-state index contributed by atoms with van der Waals surface area (Å²) in [6.07, 6.45) is 0.447. The van der Waals surface area contributed by atoms with Gasteiger partial charge in [-0.15, -0.1) is 0 Å². The minimum atomic E-state index is -0.353. The van der Waals surface area contributed by atoms with E-state index in [1.807, 2.05) is 13.8 Å². The SMILES string of the molecule is CC(C)CC(=O)NCc1cc(Cl)ccc1F. The van der Waals surface area contributed by atoms with E-state index in [1.54, 1.807) is 0 Å². The molecule has 1 aromatic carbocycles. The summed E-state index contributed by atoms with van der Waals surface area (Å²) in [5, 5.41) is 3.13. The molecule has 0 aliphatic heterocycles. The summed E-state index contributed by atoms with van der Waals surface area (Å²) < 4.78 is 13.3. The number of rotatable bonds is 4. The van der Waals surface area contributed by atoms with E-state index in [0.29, 0.717) is 22.9 Å². The zero-order chi connectivity index (χ0) is 12.1. The summed E-state index contributed by atoms with van der Waals surface area (Å²) in [5.41, 5.74) is 0.407. The van der Waals surface area contributed by atoms with Crippen molar-refractivity contribution in [2.45, 2.75) is 26.8 Å². The van der Waals surface area contributed by atoms with Gasteiger partial charge in [0.05, 0.1) is 0 Å². The first-order valence-corrected chi connectivity index (χ1v) is 5.57. The lowest BCUT2D eigenvalue weighted by atomic mass is 10.1. The first-order chi connectivity index (χ1) is 7.49. The number of benzene rings is 1. The molecular formula is C12H15ClFNO. The number of hydrogen-bond acceptors (Lipinski definition) is 1. The van der Waals surface area contributed by atoms with Crippen LogP contribution in [0.3, 0.4) is 0 Å². The van der Waals surface area contributed by atoms with Crippen LogP contribution < -0.4 is 5.32 Å². The first kappa shape index (κ1) is 13.0. The molecule has 1 N–H and O–H groups in total. The Bertz CT molecular complexity index is 379.